The summed E-state index contributed by atoms with van der Waals surface area (Å²) in [7, 11) is 0. The number of benzene rings is 9. The minimum Gasteiger partial charge on any atom is -0.294 e. The maximum absolute atomic E-state index is 12.7. The van der Waals surface area contributed by atoms with E-state index in [4.69, 9.17) is 147 Å². The molecule has 9 aromatic carbocycles. The molecule has 0 aromatic heterocycles. The number of carbonyl (C=O) groups excluding carboxylic acids is 9. The lowest BCUT2D eigenvalue weighted by Gasteiger charge is -2.22. The van der Waals surface area contributed by atoms with Crippen LogP contribution in [-0.4, -0.2) is 52.0 Å². The van der Waals surface area contributed by atoms with Gasteiger partial charge in [0.2, 0.25) is 0 Å². The largest absolute Gasteiger partial charge is 0.294 e. The molecular formula is C125H169Cl9O9. The highest BCUT2D eigenvalue weighted by atomic mass is 35.5. The second-order valence-corrected chi connectivity index (χ2v) is 47.7. The molecule has 0 spiro atoms. The molecule has 0 fully saturated rings. The third kappa shape index (κ3) is 61.2. The van der Waals surface area contributed by atoms with Gasteiger partial charge in [0, 0.05) is 191 Å². The van der Waals surface area contributed by atoms with Crippen LogP contribution in [0.1, 0.15) is 442 Å². The van der Waals surface area contributed by atoms with Gasteiger partial charge in [-0.25, -0.2) is 0 Å². The van der Waals surface area contributed by atoms with Crippen LogP contribution in [0, 0.1) is 95.9 Å². The number of carbonyl (C=O) groups is 9. The van der Waals surface area contributed by atoms with Crippen molar-refractivity contribution in [2.24, 2.45) is 95.9 Å². The Morgan fingerprint density at radius 2 is 0.364 bits per heavy atom. The predicted octanol–water partition coefficient (Wildman–Crippen LogP) is 41.1. The summed E-state index contributed by atoms with van der Waals surface area (Å²) >= 11 is 52.5. The first-order valence-electron chi connectivity index (χ1n) is 62.0. The van der Waals surface area contributed by atoms with E-state index in [9.17, 15) is 43.2 Å². The molecule has 5 unspecified atom stereocenters. The van der Waals surface area contributed by atoms with E-state index in [1.807, 2.05) is 125 Å². The summed E-state index contributed by atoms with van der Waals surface area (Å²) in [6, 6.07) is 57.5. The Hall–Kier alpha value is -7.38. The summed E-state index contributed by atoms with van der Waals surface area (Å²) in [5.74, 6) is -16.3. The SMILES string of the molecule is [2H]C(C)(CC(C([2H])([2H])[2H])(C([2H])([2H])[2H])C([2H])([2H])[2H])C(=O)c1cccc(Cl)c1.[2H]C(C)(CC(C)(C([2H])([2H])[2H])C([2H])([2H])[2H])C(=O)c1cccc(Cl)c1.[2H]C(C)(CC(C)(C)C([2H])([2H])[2H])C(=O)c1cccc(Cl)c1.[2H]C(C)(CC(C)(C)C)C(=O)c1cccc(Cl)c1.[2H]C(C)(CC(C)(C)C)C(=O)c1cccc(Cl)c1.[2H]C([2H])(CC(C)(C)C)C(=O)c1cccc(Cl)c1.[2H]C([2H])([2H])[C@@]([2H])(CC(C)(C)C)C(=O)c1cccc(Cl)c1.[2H][C@@](C)(CC(C)(C)C)C(=O)c1cccc(Cl)c1.[2H][C@@](C)(CC(C)(C)C)C(=O)c1cccc(Cl)c1. The van der Waals surface area contributed by atoms with Gasteiger partial charge in [-0.15, -0.1) is 0 Å². The highest BCUT2D eigenvalue weighted by Gasteiger charge is 2.30. The lowest BCUT2D eigenvalue weighted by Crippen LogP contribution is -2.18. The summed E-state index contributed by atoms with van der Waals surface area (Å²) in [4.78, 5) is 111. The molecular weight excluding hydrogens is 1960 g/mol. The van der Waals surface area contributed by atoms with Gasteiger partial charge in [-0.2, -0.15) is 0 Å². The van der Waals surface area contributed by atoms with Crippen molar-refractivity contribution in [3.63, 3.8) is 0 Å². The van der Waals surface area contributed by atoms with Crippen LogP contribution in [0.25, 0.3) is 0 Å². The van der Waals surface area contributed by atoms with Crippen molar-refractivity contribution in [1.29, 1.82) is 0 Å². The molecule has 0 aliphatic carbocycles. The third-order valence-electron chi connectivity index (χ3n) is 19.3. The van der Waals surface area contributed by atoms with Crippen molar-refractivity contribution < 1.29 is 85.6 Å². The van der Waals surface area contributed by atoms with Crippen molar-refractivity contribution in [2.45, 2.75) is 306 Å². The van der Waals surface area contributed by atoms with Crippen molar-refractivity contribution >= 4 is 156 Å². The molecule has 9 rings (SSSR count). The van der Waals surface area contributed by atoms with Crippen LogP contribution in [0.3, 0.4) is 0 Å². The standard InChI is InChI=1S/8C14H19ClO.C13H17ClO/c8*1-10(9-14(2,3)4)13(16)11-6-5-7-12(15)8-11;1-13(2,3)8-7-12(15)10-5-4-6-11(14)9-10/h8*5-8,10H,9H2,1-4H3;4-6,9H,7-8H2,1-3H3/t3*10-;;;;;;/m110....../s1/i2*10D;1D3,10D;2D3,3D3,4D3,10D;2D3,3D3,10D;2D3,10D;2*10D;7D2. The smallest absolute Gasteiger partial charge is 0.165 e. The van der Waals surface area contributed by atoms with Crippen LogP contribution in [0.4, 0.5) is 0 Å². The minimum absolute atomic E-state index is 0.0366. The number of rotatable bonds is 27. The number of Topliss-reactive ketones (excluding diaryl/α,β-unsaturated/α-hetero) is 9. The highest BCUT2D eigenvalue weighted by Crippen LogP contribution is 2.36. The van der Waals surface area contributed by atoms with Gasteiger partial charge < -0.3 is 0 Å². The van der Waals surface area contributed by atoms with E-state index in [1.54, 1.807) is 199 Å². The van der Waals surface area contributed by atoms with Gasteiger partial charge in [0.1, 0.15) is 0 Å². The molecule has 0 saturated carbocycles. The molecule has 18 heteroatoms. The van der Waals surface area contributed by atoms with Crippen molar-refractivity contribution in [2.75, 3.05) is 0 Å². The second-order valence-electron chi connectivity index (χ2n) is 43.7. The van der Waals surface area contributed by atoms with E-state index < -0.39 is 165 Å². The molecule has 8 atom stereocenters. The first kappa shape index (κ1) is 88.5. The summed E-state index contributed by atoms with van der Waals surface area (Å²) in [6.45, 7) is 29.1. The fourth-order valence-corrected chi connectivity index (χ4v) is 15.7. The Kier molecular flexibility index (Phi) is 38.1. The van der Waals surface area contributed by atoms with Crippen molar-refractivity contribution in [3.8, 4) is 0 Å². The van der Waals surface area contributed by atoms with Gasteiger partial charge in [-0.05, 0) is 216 Å². The zero-order valence-electron chi connectivity index (χ0n) is 119. The van der Waals surface area contributed by atoms with Crippen LogP contribution in [0.2, 0.25) is 45.2 Å². The first-order chi connectivity index (χ1) is 77.3. The fraction of sp³-hybridized carbons (Fsp3) is 0.496. The lowest BCUT2D eigenvalue weighted by molar-refractivity contribution is 0.0891. The van der Waals surface area contributed by atoms with Crippen molar-refractivity contribution in [3.05, 3.63) is 314 Å². The Bertz CT molecular complexity index is 6440. The van der Waals surface area contributed by atoms with Crippen LogP contribution in [-0.2, 0) is 0 Å². The number of halogens is 9. The first-order valence-corrected chi connectivity index (χ1v) is 49.9. The Labute approximate surface area is 952 Å². The quantitative estimate of drug-likeness (QED) is 0.0458. The molecule has 0 amide bonds. The monoisotopic (exact) mass is 2160 g/mol. The molecule has 9 nitrogen and oxygen atoms in total. The summed E-state index contributed by atoms with van der Waals surface area (Å²) in [6.07, 6.45) is -1.53. The number of hydrogen-bond acceptors (Lipinski definition) is 9. The predicted molar refractivity (Wildman–Crippen MR) is 617 cm³/mol. The number of ketones is 9. The van der Waals surface area contributed by atoms with E-state index in [0.717, 1.165) is 13.8 Å². The average molecular weight is 2170 g/mol. The fourth-order valence-electron chi connectivity index (χ4n) is 14.0. The molecule has 0 heterocycles. The Balaban J connectivity index is 0.000000982. The second kappa shape index (κ2) is 61.5. The van der Waals surface area contributed by atoms with E-state index >= 15 is 0 Å². The molecule has 786 valence electrons. The Morgan fingerprint density at radius 1 is 0.217 bits per heavy atom. The van der Waals surface area contributed by atoms with Gasteiger partial charge in [-0.3, -0.25) is 43.2 Å². The van der Waals surface area contributed by atoms with Gasteiger partial charge in [0.15, 0.2) is 52.0 Å². The van der Waals surface area contributed by atoms with Gasteiger partial charge >= 0.3 is 0 Å². The lowest BCUT2D eigenvalue weighted by atomic mass is 9.82. The highest BCUT2D eigenvalue weighted by molar-refractivity contribution is 6.34. The summed E-state index contributed by atoms with van der Waals surface area (Å²) in [5, 5.41) is 3.83. The van der Waals surface area contributed by atoms with E-state index in [-0.39, 0.29) is 91.2 Å². The van der Waals surface area contributed by atoms with Gasteiger partial charge in [0.25, 0.3) is 0 Å². The van der Waals surface area contributed by atoms with Crippen LogP contribution >= 0.6 is 104 Å². The average Bonchev–Trinajstić information content (AvgIpc) is 0.711. The van der Waals surface area contributed by atoms with E-state index in [0.29, 0.717) is 99.2 Å². The van der Waals surface area contributed by atoms with Gasteiger partial charge in [0.05, 0.1) is 0 Å². The van der Waals surface area contributed by atoms with Crippen molar-refractivity contribution in [1.82, 2.24) is 0 Å². The summed E-state index contributed by atoms with van der Waals surface area (Å²) in [5.41, 5.74) is -4.44. The molecule has 0 radical (unpaired) electrons. The van der Waals surface area contributed by atoms with Crippen LogP contribution in [0.15, 0.2) is 218 Å². The molecule has 0 aliphatic rings. The summed E-state index contributed by atoms with van der Waals surface area (Å²) < 4.78 is 241. The molecule has 0 aliphatic heterocycles. The van der Waals surface area contributed by atoms with Gasteiger partial charge in [-0.1, -0.05) is 455 Å². The third-order valence-corrected chi connectivity index (χ3v) is 21.4. The normalized spacial score (nSPS) is 19.0. The maximum atomic E-state index is 12.7. The molecule has 0 N–H and O–H groups in total. The number of hydrogen-bond donors (Lipinski definition) is 0. The van der Waals surface area contributed by atoms with Crippen LogP contribution < -0.4 is 0 Å². The molecule has 9 aromatic rings. The van der Waals surface area contributed by atoms with E-state index in [2.05, 4.69) is 0 Å². The minimum atomic E-state index is -3.46. The van der Waals surface area contributed by atoms with E-state index in [1.165, 1.54) is 74.5 Å². The zero-order valence-corrected chi connectivity index (χ0v) is 95.0. The Morgan fingerprint density at radius 3 is 0.524 bits per heavy atom. The molecule has 143 heavy (non-hydrogen) atoms. The molecule has 0 saturated heterocycles. The molecule has 0 bridgehead atoms. The zero-order chi connectivity index (χ0) is 137. The maximum Gasteiger partial charge on any atom is 0.165 e. The topological polar surface area (TPSA) is 154 Å². The van der Waals surface area contributed by atoms with Crippen LogP contribution in [0.5, 0.6) is 0 Å².